The molecule has 0 saturated carbocycles. The van der Waals surface area contributed by atoms with Crippen LogP contribution in [0.2, 0.25) is 0 Å². The number of Topliss-reactive ketones (excluding diaryl/α,β-unsaturated/α-hetero) is 1. The molecule has 1 N–H and O–H groups in total. The van der Waals surface area contributed by atoms with E-state index in [9.17, 15) is 14.7 Å². The molecule has 35 heavy (non-hydrogen) atoms. The maximum atomic E-state index is 13.4. The van der Waals surface area contributed by atoms with E-state index in [2.05, 4.69) is 0 Å². The monoisotopic (exact) mass is 479 g/mol. The van der Waals surface area contributed by atoms with Crippen molar-refractivity contribution in [1.82, 2.24) is 4.90 Å². The number of hydrogen-bond donors (Lipinski definition) is 1. The third-order valence-electron chi connectivity index (χ3n) is 6.87. The first-order valence-electron chi connectivity index (χ1n) is 11.8. The van der Waals surface area contributed by atoms with E-state index >= 15 is 0 Å². The largest absolute Gasteiger partial charge is 0.507 e. The van der Waals surface area contributed by atoms with Gasteiger partial charge in [-0.2, -0.15) is 0 Å². The SMILES string of the molecule is COc1ccc(C2C(=C(O)c3ccc4c(c3)CC(C)O4)C(=O)C(=O)N2CC2CCCO2)c(OC)c1. The molecule has 3 heterocycles. The highest BCUT2D eigenvalue weighted by atomic mass is 16.5. The van der Waals surface area contributed by atoms with Crippen LogP contribution in [0.5, 0.6) is 17.2 Å². The Balaban J connectivity index is 1.64. The van der Waals surface area contributed by atoms with E-state index in [1.165, 1.54) is 12.0 Å². The van der Waals surface area contributed by atoms with Gasteiger partial charge in [0, 0.05) is 36.8 Å². The van der Waals surface area contributed by atoms with Crippen molar-refractivity contribution in [2.45, 2.75) is 44.4 Å². The molecular formula is C27H29NO7. The van der Waals surface area contributed by atoms with Gasteiger partial charge >= 0.3 is 0 Å². The van der Waals surface area contributed by atoms with Crippen molar-refractivity contribution < 1.29 is 33.6 Å². The highest BCUT2D eigenvalue weighted by Crippen LogP contribution is 2.44. The Morgan fingerprint density at radius 3 is 2.69 bits per heavy atom. The molecule has 0 aromatic heterocycles. The second-order valence-electron chi connectivity index (χ2n) is 9.15. The maximum Gasteiger partial charge on any atom is 0.295 e. The topological polar surface area (TPSA) is 94.5 Å². The van der Waals surface area contributed by atoms with Crippen LogP contribution in [0, 0.1) is 0 Å². The summed E-state index contributed by atoms with van der Waals surface area (Å²) in [6.45, 7) is 2.85. The summed E-state index contributed by atoms with van der Waals surface area (Å²) < 4.78 is 22.5. The minimum Gasteiger partial charge on any atom is -0.507 e. The van der Waals surface area contributed by atoms with E-state index in [1.807, 2.05) is 13.0 Å². The van der Waals surface area contributed by atoms with Crippen LogP contribution < -0.4 is 14.2 Å². The maximum absolute atomic E-state index is 13.4. The average Bonchev–Trinajstić information content (AvgIpc) is 3.57. The predicted molar refractivity (Wildman–Crippen MR) is 128 cm³/mol. The molecule has 2 fully saturated rings. The normalized spacial score (nSPS) is 25.0. The molecule has 3 aliphatic rings. The summed E-state index contributed by atoms with van der Waals surface area (Å²) in [6.07, 6.45) is 2.29. The fourth-order valence-electron chi connectivity index (χ4n) is 5.17. The van der Waals surface area contributed by atoms with Crippen LogP contribution in [-0.4, -0.2) is 61.3 Å². The van der Waals surface area contributed by atoms with Gasteiger partial charge in [0.15, 0.2) is 0 Å². The number of aliphatic hydroxyl groups is 1. The zero-order valence-corrected chi connectivity index (χ0v) is 20.1. The molecule has 8 heteroatoms. The van der Waals surface area contributed by atoms with Gasteiger partial charge in [-0.15, -0.1) is 0 Å². The van der Waals surface area contributed by atoms with Crippen LogP contribution in [0.4, 0.5) is 0 Å². The van der Waals surface area contributed by atoms with Crippen molar-refractivity contribution in [2.75, 3.05) is 27.4 Å². The molecule has 0 radical (unpaired) electrons. The van der Waals surface area contributed by atoms with Crippen molar-refractivity contribution in [3.63, 3.8) is 0 Å². The van der Waals surface area contributed by atoms with Crippen molar-refractivity contribution in [3.8, 4) is 17.2 Å². The van der Waals surface area contributed by atoms with E-state index in [1.54, 1.807) is 37.4 Å². The number of carbonyl (C=O) groups excluding carboxylic acids is 2. The molecule has 1 amide bonds. The summed E-state index contributed by atoms with van der Waals surface area (Å²) in [5, 5.41) is 11.4. The molecule has 5 rings (SSSR count). The number of ketones is 1. The number of likely N-dealkylation sites (tertiary alicyclic amines) is 1. The van der Waals surface area contributed by atoms with Gasteiger partial charge in [-0.05, 0) is 55.7 Å². The van der Waals surface area contributed by atoms with Crippen molar-refractivity contribution in [3.05, 3.63) is 58.7 Å². The lowest BCUT2D eigenvalue weighted by Crippen LogP contribution is -2.36. The molecule has 0 aliphatic carbocycles. The first kappa shape index (κ1) is 23.2. The van der Waals surface area contributed by atoms with Gasteiger partial charge < -0.3 is 29.0 Å². The molecule has 8 nitrogen and oxygen atoms in total. The highest BCUT2D eigenvalue weighted by Gasteiger charge is 2.48. The quantitative estimate of drug-likeness (QED) is 0.384. The van der Waals surface area contributed by atoms with Gasteiger partial charge in [0.1, 0.15) is 29.1 Å². The van der Waals surface area contributed by atoms with Gasteiger partial charge in [-0.25, -0.2) is 0 Å². The summed E-state index contributed by atoms with van der Waals surface area (Å²) >= 11 is 0. The number of rotatable bonds is 6. The lowest BCUT2D eigenvalue weighted by atomic mass is 9.93. The number of benzene rings is 2. The van der Waals surface area contributed by atoms with Gasteiger partial charge in [0.2, 0.25) is 0 Å². The number of ether oxygens (including phenoxy) is 4. The van der Waals surface area contributed by atoms with Crippen LogP contribution in [0.15, 0.2) is 42.0 Å². The molecule has 0 bridgehead atoms. The average molecular weight is 480 g/mol. The summed E-state index contributed by atoms with van der Waals surface area (Å²) in [7, 11) is 3.07. The van der Waals surface area contributed by atoms with Crippen molar-refractivity contribution >= 4 is 17.4 Å². The Morgan fingerprint density at radius 1 is 1.14 bits per heavy atom. The minimum atomic E-state index is -0.830. The minimum absolute atomic E-state index is 0.0309. The molecule has 2 saturated heterocycles. The van der Waals surface area contributed by atoms with Crippen molar-refractivity contribution in [1.29, 1.82) is 0 Å². The highest BCUT2D eigenvalue weighted by molar-refractivity contribution is 6.46. The van der Waals surface area contributed by atoms with Crippen molar-refractivity contribution in [2.24, 2.45) is 0 Å². The second-order valence-corrected chi connectivity index (χ2v) is 9.15. The molecule has 2 aromatic carbocycles. The third kappa shape index (κ3) is 4.12. The smallest absolute Gasteiger partial charge is 0.295 e. The van der Waals surface area contributed by atoms with Gasteiger partial charge in [-0.1, -0.05) is 0 Å². The Labute approximate surface area is 204 Å². The first-order valence-corrected chi connectivity index (χ1v) is 11.8. The first-order chi connectivity index (χ1) is 16.9. The molecule has 3 unspecified atom stereocenters. The fourth-order valence-corrected chi connectivity index (χ4v) is 5.17. The molecular weight excluding hydrogens is 450 g/mol. The molecule has 2 aromatic rings. The Morgan fingerprint density at radius 2 is 1.97 bits per heavy atom. The molecule has 184 valence electrons. The summed E-state index contributed by atoms with van der Waals surface area (Å²) in [5.74, 6) is 0.186. The van der Waals surface area contributed by atoms with Crippen LogP contribution in [0.3, 0.4) is 0 Å². The summed E-state index contributed by atoms with van der Waals surface area (Å²) in [6, 6.07) is 9.71. The van der Waals surface area contributed by atoms with Gasteiger partial charge in [0.25, 0.3) is 11.7 Å². The number of carbonyl (C=O) groups is 2. The Hall–Kier alpha value is -3.52. The van der Waals surface area contributed by atoms with Gasteiger partial charge in [-0.3, -0.25) is 9.59 Å². The van der Waals surface area contributed by atoms with Crippen LogP contribution in [-0.2, 0) is 20.7 Å². The zero-order chi connectivity index (χ0) is 24.7. The lowest BCUT2D eigenvalue weighted by Gasteiger charge is -2.28. The Bertz CT molecular complexity index is 1200. The number of amides is 1. The van der Waals surface area contributed by atoms with E-state index in [0.29, 0.717) is 35.7 Å². The van der Waals surface area contributed by atoms with Crippen LogP contribution in [0.25, 0.3) is 5.76 Å². The molecule has 3 atom stereocenters. The van der Waals surface area contributed by atoms with Crippen LogP contribution >= 0.6 is 0 Å². The lowest BCUT2D eigenvalue weighted by molar-refractivity contribution is -0.140. The predicted octanol–water partition coefficient (Wildman–Crippen LogP) is 3.63. The molecule has 0 spiro atoms. The number of nitrogens with zero attached hydrogens (tertiary/aromatic N) is 1. The summed E-state index contributed by atoms with van der Waals surface area (Å²) in [4.78, 5) is 28.1. The Kier molecular flexibility index (Phi) is 6.15. The van der Waals surface area contributed by atoms with E-state index in [0.717, 1.165) is 24.2 Å². The third-order valence-corrected chi connectivity index (χ3v) is 6.87. The standard InChI is InChI=1S/C27H29NO7/c1-15-11-17-12-16(6-9-21(17)35-15)25(29)23-24(20-8-7-18(32-2)13-22(20)33-3)28(27(31)26(23)30)14-19-5-4-10-34-19/h6-9,12-13,15,19,24,29H,4-5,10-11,14H2,1-3H3. The van der Waals surface area contributed by atoms with E-state index < -0.39 is 17.7 Å². The number of aliphatic hydroxyl groups excluding tert-OH is 1. The van der Waals surface area contributed by atoms with Crippen LogP contribution in [0.1, 0.15) is 42.5 Å². The number of fused-ring (bicyclic) bond motifs is 1. The molecule has 3 aliphatic heterocycles. The summed E-state index contributed by atoms with van der Waals surface area (Å²) in [5.41, 5.74) is 2.04. The number of methoxy groups -OCH3 is 2. The van der Waals surface area contributed by atoms with Gasteiger partial charge in [0.05, 0.1) is 31.9 Å². The second kappa shape index (κ2) is 9.26. The number of hydrogen-bond acceptors (Lipinski definition) is 7. The van der Waals surface area contributed by atoms with E-state index in [-0.39, 0.29) is 30.1 Å². The fraction of sp³-hybridized carbons (Fsp3) is 0.407. The van der Waals surface area contributed by atoms with E-state index in [4.69, 9.17) is 18.9 Å². The zero-order valence-electron chi connectivity index (χ0n) is 20.1.